The second kappa shape index (κ2) is 10.4. The van der Waals surface area contributed by atoms with Gasteiger partial charge in [0.25, 0.3) is 0 Å². The summed E-state index contributed by atoms with van der Waals surface area (Å²) in [5.74, 6) is 0.774. The molecule has 6 atom stereocenters. The minimum absolute atomic E-state index is 0.236. The second-order valence-corrected chi connectivity index (χ2v) is 7.57. The summed E-state index contributed by atoms with van der Waals surface area (Å²) in [6.07, 6.45) is -2.81. The van der Waals surface area contributed by atoms with E-state index in [4.69, 9.17) is 23.7 Å². The number of hydrogen-bond donors (Lipinski definition) is 2. The number of ether oxygens (including phenoxy) is 5. The summed E-state index contributed by atoms with van der Waals surface area (Å²) in [6, 6.07) is 17.2. The van der Waals surface area contributed by atoms with E-state index in [1.165, 1.54) is 0 Å². The smallest absolute Gasteiger partial charge is 0.186 e. The van der Waals surface area contributed by atoms with E-state index in [1.54, 1.807) is 6.08 Å². The van der Waals surface area contributed by atoms with Crippen LogP contribution in [0.3, 0.4) is 0 Å². The molecule has 0 amide bonds. The molecule has 2 N–H and O–H groups in total. The van der Waals surface area contributed by atoms with Gasteiger partial charge in [-0.2, -0.15) is 0 Å². The average Bonchev–Trinajstić information content (AvgIpc) is 2.82. The fourth-order valence-electron chi connectivity index (χ4n) is 3.70. The number of aliphatic hydroxyl groups excluding tert-OH is 2. The number of fused-ring (bicyclic) bond motifs is 1. The minimum Gasteiger partial charge on any atom is -0.490 e. The van der Waals surface area contributed by atoms with Gasteiger partial charge in [0.2, 0.25) is 0 Å². The molecule has 166 valence electrons. The Labute approximate surface area is 181 Å². The third kappa shape index (κ3) is 5.33. The molecule has 0 bridgehead atoms. The van der Waals surface area contributed by atoms with Crippen molar-refractivity contribution in [3.8, 4) is 5.75 Å². The highest BCUT2D eigenvalue weighted by Crippen LogP contribution is 2.34. The molecule has 0 saturated carbocycles. The number of aliphatic hydroxyl groups is 2. The van der Waals surface area contributed by atoms with Gasteiger partial charge in [-0.25, -0.2) is 0 Å². The Morgan fingerprint density at radius 1 is 1.00 bits per heavy atom. The molecule has 0 aromatic heterocycles. The summed E-state index contributed by atoms with van der Waals surface area (Å²) in [5, 5.41) is 21.1. The predicted molar refractivity (Wildman–Crippen MR) is 112 cm³/mol. The van der Waals surface area contributed by atoms with Gasteiger partial charge in [0, 0.05) is 5.56 Å². The van der Waals surface area contributed by atoms with Crippen LogP contribution in [0.4, 0.5) is 0 Å². The second-order valence-electron chi connectivity index (χ2n) is 7.57. The van der Waals surface area contributed by atoms with Gasteiger partial charge in [0.05, 0.1) is 13.2 Å². The van der Waals surface area contributed by atoms with Crippen LogP contribution >= 0.6 is 0 Å². The van der Waals surface area contributed by atoms with Gasteiger partial charge in [-0.05, 0) is 24.1 Å². The molecular weight excluding hydrogens is 400 g/mol. The van der Waals surface area contributed by atoms with E-state index >= 15 is 0 Å². The zero-order valence-electron chi connectivity index (χ0n) is 17.2. The van der Waals surface area contributed by atoms with Gasteiger partial charge < -0.3 is 33.9 Å². The number of hydrogen-bond acceptors (Lipinski definition) is 7. The van der Waals surface area contributed by atoms with Crippen LogP contribution in [-0.4, -0.2) is 60.7 Å². The molecule has 2 aromatic carbocycles. The van der Waals surface area contributed by atoms with Crippen LogP contribution in [0.15, 0.2) is 67.3 Å². The molecule has 2 fully saturated rings. The Hall–Kier alpha value is -2.26. The molecular formula is C24H28O7. The predicted octanol–water partition coefficient (Wildman–Crippen LogP) is 2.37. The van der Waals surface area contributed by atoms with Crippen LogP contribution in [-0.2, 0) is 25.4 Å². The first-order chi connectivity index (χ1) is 15.2. The molecule has 7 nitrogen and oxygen atoms in total. The third-order valence-electron chi connectivity index (χ3n) is 5.37. The maximum Gasteiger partial charge on any atom is 0.186 e. The van der Waals surface area contributed by atoms with Crippen LogP contribution in [0.1, 0.15) is 17.4 Å². The van der Waals surface area contributed by atoms with Gasteiger partial charge in [0.1, 0.15) is 36.8 Å². The summed E-state index contributed by atoms with van der Waals surface area (Å²) in [5.41, 5.74) is 1.91. The van der Waals surface area contributed by atoms with Crippen LogP contribution in [0.25, 0.3) is 0 Å². The number of benzene rings is 2. The molecule has 7 heteroatoms. The lowest BCUT2D eigenvalue weighted by atomic mass is 9.98. The summed E-state index contributed by atoms with van der Waals surface area (Å²) in [4.78, 5) is 0. The van der Waals surface area contributed by atoms with E-state index in [0.717, 1.165) is 16.9 Å². The largest absolute Gasteiger partial charge is 0.490 e. The van der Waals surface area contributed by atoms with E-state index in [-0.39, 0.29) is 6.61 Å². The van der Waals surface area contributed by atoms with Crippen molar-refractivity contribution in [1.82, 2.24) is 0 Å². The van der Waals surface area contributed by atoms with Crippen molar-refractivity contribution in [3.63, 3.8) is 0 Å². The summed E-state index contributed by atoms with van der Waals surface area (Å²) in [7, 11) is 0. The lowest BCUT2D eigenvalue weighted by molar-refractivity contribution is -0.361. The summed E-state index contributed by atoms with van der Waals surface area (Å²) in [6.45, 7) is 4.65. The fourth-order valence-corrected chi connectivity index (χ4v) is 3.70. The highest BCUT2D eigenvalue weighted by atomic mass is 16.8. The normalized spacial score (nSPS) is 30.4. The molecule has 2 aliphatic rings. The van der Waals surface area contributed by atoms with Crippen molar-refractivity contribution in [1.29, 1.82) is 0 Å². The van der Waals surface area contributed by atoms with E-state index in [0.29, 0.717) is 19.6 Å². The van der Waals surface area contributed by atoms with Gasteiger partial charge >= 0.3 is 0 Å². The number of rotatable bonds is 8. The van der Waals surface area contributed by atoms with Crippen molar-refractivity contribution in [2.45, 2.75) is 43.4 Å². The molecule has 0 unspecified atom stereocenters. The first kappa shape index (κ1) is 22.0. The molecule has 0 aliphatic carbocycles. The zero-order chi connectivity index (χ0) is 21.6. The molecule has 4 rings (SSSR count). The first-order valence-corrected chi connectivity index (χ1v) is 10.4. The highest BCUT2D eigenvalue weighted by Gasteiger charge is 2.49. The average molecular weight is 428 g/mol. The Morgan fingerprint density at radius 3 is 2.52 bits per heavy atom. The standard InChI is InChI=1S/C24H28O7/c1-2-13-27-18-10-8-16(9-11-18)12-14-28-24-21(26)20(25)22-19(30-24)15-29-23(31-22)17-6-4-3-5-7-17/h2-11,19-26H,1,12-15H2/t19-,20-,21-,22-,23-,24-/m1/s1. The third-order valence-corrected chi connectivity index (χ3v) is 5.37. The Bertz CT molecular complexity index is 824. The zero-order valence-corrected chi connectivity index (χ0v) is 17.2. The van der Waals surface area contributed by atoms with Gasteiger partial charge in [-0.3, -0.25) is 0 Å². The van der Waals surface area contributed by atoms with Crippen molar-refractivity contribution in [3.05, 3.63) is 78.4 Å². The SMILES string of the molecule is C=CCOc1ccc(CCO[C@@H]2O[C@@H]3CO[C@@H](c4ccccc4)O[C@H]3[C@H](O)[C@H]2O)cc1. The van der Waals surface area contributed by atoms with Crippen LogP contribution in [0.2, 0.25) is 0 Å². The summed E-state index contributed by atoms with van der Waals surface area (Å²) >= 11 is 0. The Kier molecular flexibility index (Phi) is 7.34. The van der Waals surface area contributed by atoms with Crippen molar-refractivity contribution in [2.24, 2.45) is 0 Å². The Morgan fingerprint density at radius 2 is 1.77 bits per heavy atom. The van der Waals surface area contributed by atoms with Crippen LogP contribution in [0, 0.1) is 0 Å². The monoisotopic (exact) mass is 428 g/mol. The maximum atomic E-state index is 10.6. The molecule has 2 saturated heterocycles. The van der Waals surface area contributed by atoms with E-state index in [1.807, 2.05) is 54.6 Å². The molecule has 0 radical (unpaired) electrons. The fraction of sp³-hybridized carbons (Fsp3) is 0.417. The highest BCUT2D eigenvalue weighted by molar-refractivity contribution is 5.27. The van der Waals surface area contributed by atoms with Crippen LogP contribution < -0.4 is 4.74 Å². The van der Waals surface area contributed by atoms with Gasteiger partial charge in [0.15, 0.2) is 12.6 Å². The molecule has 0 spiro atoms. The van der Waals surface area contributed by atoms with E-state index in [2.05, 4.69) is 6.58 Å². The maximum absolute atomic E-state index is 10.6. The van der Waals surface area contributed by atoms with Crippen molar-refractivity contribution in [2.75, 3.05) is 19.8 Å². The lowest BCUT2D eigenvalue weighted by Crippen LogP contribution is -2.62. The molecule has 2 aromatic rings. The lowest BCUT2D eigenvalue weighted by Gasteiger charge is -2.46. The molecule has 31 heavy (non-hydrogen) atoms. The topological polar surface area (TPSA) is 86.6 Å². The Balaban J connectivity index is 1.28. The molecule has 2 heterocycles. The quantitative estimate of drug-likeness (QED) is 0.625. The van der Waals surface area contributed by atoms with Gasteiger partial charge in [-0.15, -0.1) is 0 Å². The van der Waals surface area contributed by atoms with E-state index in [9.17, 15) is 10.2 Å². The van der Waals surface area contributed by atoms with Crippen molar-refractivity contribution >= 4 is 0 Å². The molecule has 2 aliphatic heterocycles. The summed E-state index contributed by atoms with van der Waals surface area (Å²) < 4.78 is 28.7. The minimum atomic E-state index is -1.22. The van der Waals surface area contributed by atoms with Crippen molar-refractivity contribution < 1.29 is 33.9 Å². The van der Waals surface area contributed by atoms with E-state index < -0.39 is 37.0 Å². The first-order valence-electron chi connectivity index (χ1n) is 10.4. The van der Waals surface area contributed by atoms with Gasteiger partial charge in [-0.1, -0.05) is 55.1 Å². The van der Waals surface area contributed by atoms with Crippen LogP contribution in [0.5, 0.6) is 5.75 Å².